The lowest BCUT2D eigenvalue weighted by molar-refractivity contribution is 0.127. The van der Waals surface area contributed by atoms with Gasteiger partial charge in [0.25, 0.3) is 0 Å². The molecule has 1 aromatic rings. The van der Waals surface area contributed by atoms with Crippen molar-refractivity contribution in [2.24, 2.45) is 5.92 Å². The average Bonchev–Trinajstić information content (AvgIpc) is 2.89. The van der Waals surface area contributed by atoms with Gasteiger partial charge in [-0.2, -0.15) is 0 Å². The van der Waals surface area contributed by atoms with Crippen molar-refractivity contribution in [1.29, 1.82) is 0 Å². The summed E-state index contributed by atoms with van der Waals surface area (Å²) in [6, 6.07) is 1.06. The molecule has 3 nitrogen and oxygen atoms in total. The first-order valence-electron chi connectivity index (χ1n) is 7.02. The number of nitrogens with zero attached hydrogens (tertiary/aromatic N) is 2. The van der Waals surface area contributed by atoms with Gasteiger partial charge >= 0.3 is 0 Å². The van der Waals surface area contributed by atoms with Crippen molar-refractivity contribution in [2.45, 2.75) is 45.7 Å². The Labute approximate surface area is 115 Å². The minimum Gasteiger partial charge on any atom is -0.314 e. The molecule has 2 rings (SSSR count). The fourth-order valence-electron chi connectivity index (χ4n) is 2.63. The number of piperidine rings is 1. The zero-order chi connectivity index (χ0) is 13.0. The Morgan fingerprint density at radius 3 is 3.00 bits per heavy atom. The molecule has 2 atom stereocenters. The number of hydrogen-bond acceptors (Lipinski definition) is 4. The van der Waals surface area contributed by atoms with Gasteiger partial charge < -0.3 is 5.32 Å². The standard InChI is InChI=1S/C14H25N3S/c1-11(2)15-7-13-5-4-6-17(8-13)12(3)14-9-18-10-16-14/h9-13,15H,4-8H2,1-3H3. The van der Waals surface area contributed by atoms with Crippen LogP contribution in [0.2, 0.25) is 0 Å². The monoisotopic (exact) mass is 267 g/mol. The van der Waals surface area contributed by atoms with E-state index in [1.165, 1.54) is 31.6 Å². The van der Waals surface area contributed by atoms with Crippen molar-refractivity contribution in [3.8, 4) is 0 Å². The lowest BCUT2D eigenvalue weighted by Crippen LogP contribution is -2.42. The molecule has 0 spiro atoms. The first-order chi connectivity index (χ1) is 8.66. The van der Waals surface area contributed by atoms with E-state index in [1.807, 2.05) is 5.51 Å². The van der Waals surface area contributed by atoms with Crippen molar-refractivity contribution >= 4 is 11.3 Å². The van der Waals surface area contributed by atoms with Crippen LogP contribution in [-0.4, -0.2) is 35.6 Å². The highest BCUT2D eigenvalue weighted by Gasteiger charge is 2.25. The van der Waals surface area contributed by atoms with Crippen LogP contribution in [0.4, 0.5) is 0 Å². The van der Waals surface area contributed by atoms with Gasteiger partial charge in [0.2, 0.25) is 0 Å². The third-order valence-corrected chi connectivity index (χ3v) is 4.40. The van der Waals surface area contributed by atoms with E-state index in [0.717, 1.165) is 12.5 Å². The van der Waals surface area contributed by atoms with Gasteiger partial charge in [-0.25, -0.2) is 4.98 Å². The summed E-state index contributed by atoms with van der Waals surface area (Å²) in [5, 5.41) is 5.75. The summed E-state index contributed by atoms with van der Waals surface area (Å²) in [6.07, 6.45) is 2.68. The van der Waals surface area contributed by atoms with E-state index in [4.69, 9.17) is 0 Å². The second-order valence-corrected chi connectivity index (χ2v) is 6.37. The molecule has 0 saturated carbocycles. The molecule has 1 N–H and O–H groups in total. The number of aromatic nitrogens is 1. The number of rotatable bonds is 5. The Morgan fingerprint density at radius 2 is 2.33 bits per heavy atom. The highest BCUT2D eigenvalue weighted by atomic mass is 32.1. The lowest BCUT2D eigenvalue weighted by Gasteiger charge is -2.36. The summed E-state index contributed by atoms with van der Waals surface area (Å²) in [5.41, 5.74) is 3.17. The van der Waals surface area contributed by atoms with E-state index in [0.29, 0.717) is 12.1 Å². The quantitative estimate of drug-likeness (QED) is 0.889. The van der Waals surface area contributed by atoms with Crippen LogP contribution in [0, 0.1) is 5.92 Å². The van der Waals surface area contributed by atoms with Crippen LogP contribution < -0.4 is 5.32 Å². The average molecular weight is 267 g/mol. The predicted molar refractivity (Wildman–Crippen MR) is 78.0 cm³/mol. The molecule has 0 radical (unpaired) electrons. The van der Waals surface area contributed by atoms with Crippen LogP contribution in [0.3, 0.4) is 0 Å². The van der Waals surface area contributed by atoms with Crippen molar-refractivity contribution < 1.29 is 0 Å². The zero-order valence-electron chi connectivity index (χ0n) is 11.7. The van der Waals surface area contributed by atoms with Gasteiger partial charge in [0.05, 0.1) is 17.2 Å². The van der Waals surface area contributed by atoms with Gasteiger partial charge in [0, 0.05) is 18.0 Å². The van der Waals surface area contributed by atoms with E-state index in [2.05, 4.69) is 41.4 Å². The molecule has 1 aliphatic rings. The second kappa shape index (κ2) is 6.64. The molecule has 1 aromatic heterocycles. The van der Waals surface area contributed by atoms with Gasteiger partial charge in [-0.1, -0.05) is 13.8 Å². The number of likely N-dealkylation sites (tertiary alicyclic amines) is 1. The Morgan fingerprint density at radius 1 is 1.50 bits per heavy atom. The minimum atomic E-state index is 0.470. The molecule has 0 amide bonds. The molecule has 1 fully saturated rings. The topological polar surface area (TPSA) is 28.2 Å². The van der Waals surface area contributed by atoms with Gasteiger partial charge in [0.15, 0.2) is 0 Å². The van der Waals surface area contributed by atoms with E-state index in [1.54, 1.807) is 11.3 Å². The van der Waals surface area contributed by atoms with Crippen LogP contribution in [0.25, 0.3) is 0 Å². The normalized spacial score (nSPS) is 23.4. The van der Waals surface area contributed by atoms with Crippen molar-refractivity contribution in [2.75, 3.05) is 19.6 Å². The van der Waals surface area contributed by atoms with Gasteiger partial charge in [-0.3, -0.25) is 4.90 Å². The minimum absolute atomic E-state index is 0.470. The van der Waals surface area contributed by atoms with Crippen LogP contribution in [0.15, 0.2) is 10.9 Å². The highest BCUT2D eigenvalue weighted by Crippen LogP contribution is 2.26. The first-order valence-corrected chi connectivity index (χ1v) is 7.96. The van der Waals surface area contributed by atoms with Crippen molar-refractivity contribution in [3.05, 3.63) is 16.6 Å². The molecular weight excluding hydrogens is 242 g/mol. The summed E-state index contributed by atoms with van der Waals surface area (Å²) in [5.74, 6) is 0.794. The summed E-state index contributed by atoms with van der Waals surface area (Å²) < 4.78 is 0. The maximum atomic E-state index is 4.45. The van der Waals surface area contributed by atoms with Crippen molar-refractivity contribution in [1.82, 2.24) is 15.2 Å². The van der Waals surface area contributed by atoms with Crippen LogP contribution in [0.1, 0.15) is 45.3 Å². The molecule has 0 bridgehead atoms. The molecule has 4 heteroatoms. The molecule has 0 aliphatic carbocycles. The van der Waals surface area contributed by atoms with E-state index in [9.17, 15) is 0 Å². The molecule has 18 heavy (non-hydrogen) atoms. The summed E-state index contributed by atoms with van der Waals surface area (Å²) in [7, 11) is 0. The lowest BCUT2D eigenvalue weighted by atomic mass is 9.96. The largest absolute Gasteiger partial charge is 0.314 e. The Balaban J connectivity index is 1.86. The number of nitrogens with one attached hydrogen (secondary N) is 1. The summed E-state index contributed by atoms with van der Waals surface area (Å²) in [6.45, 7) is 10.3. The molecule has 1 saturated heterocycles. The van der Waals surface area contributed by atoms with E-state index >= 15 is 0 Å². The fourth-order valence-corrected chi connectivity index (χ4v) is 3.27. The third kappa shape index (κ3) is 3.77. The van der Waals surface area contributed by atoms with Gasteiger partial charge in [-0.05, 0) is 38.8 Å². The third-order valence-electron chi connectivity index (χ3n) is 3.79. The molecule has 0 aromatic carbocycles. The van der Waals surface area contributed by atoms with Gasteiger partial charge in [0.1, 0.15) is 0 Å². The molecule has 102 valence electrons. The molecule has 2 unspecified atom stereocenters. The maximum Gasteiger partial charge on any atom is 0.0795 e. The first kappa shape index (κ1) is 14.0. The number of thiazole rings is 1. The summed E-state index contributed by atoms with van der Waals surface area (Å²) in [4.78, 5) is 7.04. The maximum absolute atomic E-state index is 4.45. The fraction of sp³-hybridized carbons (Fsp3) is 0.786. The SMILES string of the molecule is CC(C)NCC1CCCN(C(C)c2cscn2)C1. The van der Waals surface area contributed by atoms with Gasteiger partial charge in [-0.15, -0.1) is 11.3 Å². The number of hydrogen-bond donors (Lipinski definition) is 1. The molecule has 2 heterocycles. The summed E-state index contributed by atoms with van der Waals surface area (Å²) >= 11 is 1.70. The van der Waals surface area contributed by atoms with Crippen molar-refractivity contribution in [3.63, 3.8) is 0 Å². The van der Waals surface area contributed by atoms with Crippen LogP contribution in [-0.2, 0) is 0 Å². The Bertz CT molecular complexity index is 337. The van der Waals surface area contributed by atoms with E-state index in [-0.39, 0.29) is 0 Å². The second-order valence-electron chi connectivity index (χ2n) is 5.66. The predicted octanol–water partition coefficient (Wildman–Crippen LogP) is 2.91. The Kier molecular flexibility index (Phi) is 5.15. The molecular formula is C14H25N3S. The van der Waals surface area contributed by atoms with Crippen LogP contribution in [0.5, 0.6) is 0 Å². The highest BCUT2D eigenvalue weighted by molar-refractivity contribution is 7.07. The smallest absolute Gasteiger partial charge is 0.0795 e. The zero-order valence-corrected chi connectivity index (χ0v) is 12.5. The Hall–Kier alpha value is -0.450. The molecule has 1 aliphatic heterocycles. The van der Waals surface area contributed by atoms with E-state index < -0.39 is 0 Å². The van der Waals surface area contributed by atoms with Crippen LogP contribution >= 0.6 is 11.3 Å².